The van der Waals surface area contributed by atoms with Crippen LogP contribution in [0.15, 0.2) is 65.1 Å². The quantitative estimate of drug-likeness (QED) is 0.500. The van der Waals surface area contributed by atoms with E-state index in [9.17, 15) is 4.79 Å². The lowest BCUT2D eigenvalue weighted by Gasteiger charge is -2.08. The van der Waals surface area contributed by atoms with Crippen molar-refractivity contribution >= 4 is 38.6 Å². The number of ether oxygens (including phenoxy) is 1. The summed E-state index contributed by atoms with van der Waals surface area (Å²) in [5.74, 6) is 0.603. The van der Waals surface area contributed by atoms with Crippen molar-refractivity contribution in [3.05, 3.63) is 76.3 Å². The Hall–Kier alpha value is -3.19. The van der Waals surface area contributed by atoms with Crippen molar-refractivity contribution in [2.75, 3.05) is 12.4 Å². The average Bonchev–Trinajstić information content (AvgIpc) is 3.11. The standard InChI is InChI=1S/C21H17BrN4O2/c1-13-11-19-20(25-26(24-19)16-7-9-17(28-2)10-8-16)12-18(13)23-21(27)14-3-5-15(22)6-4-14/h3-12H,1-2H3,(H,23,27). The Morgan fingerprint density at radius 2 is 1.64 bits per heavy atom. The third-order valence-corrected chi connectivity index (χ3v) is 4.91. The molecule has 1 heterocycles. The number of carbonyl (C=O) groups is 1. The number of hydrogen-bond donors (Lipinski definition) is 1. The molecule has 0 aliphatic carbocycles. The van der Waals surface area contributed by atoms with Gasteiger partial charge in [0.2, 0.25) is 0 Å². The highest BCUT2D eigenvalue weighted by Crippen LogP contribution is 2.23. The molecule has 0 saturated heterocycles. The van der Waals surface area contributed by atoms with Crippen LogP contribution in [-0.4, -0.2) is 28.0 Å². The van der Waals surface area contributed by atoms with Gasteiger partial charge in [-0.3, -0.25) is 4.79 Å². The van der Waals surface area contributed by atoms with Gasteiger partial charge >= 0.3 is 0 Å². The summed E-state index contributed by atoms with van der Waals surface area (Å²) < 4.78 is 6.11. The molecular weight excluding hydrogens is 420 g/mol. The molecule has 0 aliphatic rings. The minimum atomic E-state index is -0.169. The lowest BCUT2D eigenvalue weighted by Crippen LogP contribution is -2.12. The maximum atomic E-state index is 12.5. The zero-order valence-electron chi connectivity index (χ0n) is 15.3. The molecule has 1 N–H and O–H groups in total. The molecule has 0 bridgehead atoms. The van der Waals surface area contributed by atoms with Crippen molar-refractivity contribution in [2.45, 2.75) is 6.92 Å². The molecule has 28 heavy (non-hydrogen) atoms. The van der Waals surface area contributed by atoms with Crippen molar-refractivity contribution in [2.24, 2.45) is 0 Å². The van der Waals surface area contributed by atoms with Gasteiger partial charge in [-0.2, -0.15) is 4.80 Å². The Balaban J connectivity index is 1.63. The number of benzene rings is 3. The van der Waals surface area contributed by atoms with E-state index in [0.717, 1.165) is 27.0 Å². The van der Waals surface area contributed by atoms with Gasteiger partial charge in [0.05, 0.1) is 12.8 Å². The molecule has 6 nitrogen and oxygen atoms in total. The zero-order valence-corrected chi connectivity index (χ0v) is 16.9. The Labute approximate surface area is 170 Å². The van der Waals surface area contributed by atoms with Gasteiger partial charge in [0.15, 0.2) is 0 Å². The van der Waals surface area contributed by atoms with Crippen LogP contribution in [0.2, 0.25) is 0 Å². The first-order chi connectivity index (χ1) is 13.5. The summed E-state index contributed by atoms with van der Waals surface area (Å²) in [4.78, 5) is 14.1. The van der Waals surface area contributed by atoms with Gasteiger partial charge in [-0.25, -0.2) is 0 Å². The van der Waals surface area contributed by atoms with Crippen LogP contribution in [-0.2, 0) is 0 Å². The lowest BCUT2D eigenvalue weighted by atomic mass is 10.1. The first-order valence-electron chi connectivity index (χ1n) is 8.62. The molecule has 0 atom stereocenters. The average molecular weight is 437 g/mol. The number of rotatable bonds is 4. The van der Waals surface area contributed by atoms with Crippen molar-refractivity contribution in [3.8, 4) is 11.4 Å². The van der Waals surface area contributed by atoms with E-state index in [4.69, 9.17) is 4.74 Å². The van der Waals surface area contributed by atoms with Crippen molar-refractivity contribution in [3.63, 3.8) is 0 Å². The molecule has 4 aromatic rings. The number of hydrogen-bond acceptors (Lipinski definition) is 4. The van der Waals surface area contributed by atoms with Crippen molar-refractivity contribution in [1.29, 1.82) is 0 Å². The van der Waals surface area contributed by atoms with Crippen LogP contribution in [0.3, 0.4) is 0 Å². The second kappa shape index (κ2) is 7.44. The highest BCUT2D eigenvalue weighted by Gasteiger charge is 2.12. The number of nitrogens with one attached hydrogen (secondary N) is 1. The van der Waals surface area contributed by atoms with Crippen molar-refractivity contribution in [1.82, 2.24) is 15.0 Å². The normalized spacial score (nSPS) is 10.8. The second-order valence-corrected chi connectivity index (χ2v) is 7.22. The van der Waals surface area contributed by atoms with Crippen LogP contribution in [0.25, 0.3) is 16.7 Å². The number of anilines is 1. The Bertz CT molecular complexity index is 1150. The zero-order chi connectivity index (χ0) is 19.7. The van der Waals surface area contributed by atoms with Gasteiger partial charge in [0.1, 0.15) is 16.8 Å². The van der Waals surface area contributed by atoms with E-state index < -0.39 is 0 Å². The Kier molecular flexibility index (Phi) is 4.83. The number of aromatic nitrogens is 3. The number of carbonyl (C=O) groups excluding carboxylic acids is 1. The second-order valence-electron chi connectivity index (χ2n) is 6.30. The molecule has 0 radical (unpaired) electrons. The fourth-order valence-corrected chi connectivity index (χ4v) is 3.09. The highest BCUT2D eigenvalue weighted by atomic mass is 79.9. The van der Waals surface area contributed by atoms with Gasteiger partial charge in [-0.05, 0) is 73.2 Å². The third kappa shape index (κ3) is 3.61. The Morgan fingerprint density at radius 3 is 2.29 bits per heavy atom. The topological polar surface area (TPSA) is 69.0 Å². The molecule has 3 aromatic carbocycles. The largest absolute Gasteiger partial charge is 0.497 e. The van der Waals surface area contributed by atoms with Gasteiger partial charge in [-0.1, -0.05) is 15.9 Å². The van der Waals surface area contributed by atoms with E-state index in [0.29, 0.717) is 16.8 Å². The molecule has 0 aliphatic heterocycles. The van der Waals surface area contributed by atoms with Crippen LogP contribution < -0.4 is 10.1 Å². The molecule has 0 unspecified atom stereocenters. The van der Waals surface area contributed by atoms with E-state index in [1.54, 1.807) is 24.0 Å². The summed E-state index contributed by atoms with van der Waals surface area (Å²) in [7, 11) is 1.63. The van der Waals surface area contributed by atoms with Crippen LogP contribution in [0.5, 0.6) is 5.75 Å². The first kappa shape index (κ1) is 18.2. The molecule has 140 valence electrons. The number of methoxy groups -OCH3 is 1. The summed E-state index contributed by atoms with van der Waals surface area (Å²) in [6.07, 6.45) is 0. The predicted molar refractivity (Wildman–Crippen MR) is 112 cm³/mol. The number of fused-ring (bicyclic) bond motifs is 1. The van der Waals surface area contributed by atoms with Gasteiger partial charge in [0.25, 0.3) is 5.91 Å². The van der Waals surface area contributed by atoms with E-state index in [1.165, 1.54) is 0 Å². The van der Waals surface area contributed by atoms with Crippen LogP contribution in [0.4, 0.5) is 5.69 Å². The highest BCUT2D eigenvalue weighted by molar-refractivity contribution is 9.10. The van der Waals surface area contributed by atoms with Gasteiger partial charge in [0, 0.05) is 15.7 Å². The lowest BCUT2D eigenvalue weighted by molar-refractivity contribution is 0.102. The monoisotopic (exact) mass is 436 g/mol. The van der Waals surface area contributed by atoms with Gasteiger partial charge < -0.3 is 10.1 Å². The molecule has 0 fully saturated rings. The minimum absolute atomic E-state index is 0.169. The summed E-state index contributed by atoms with van der Waals surface area (Å²) in [6, 6.07) is 18.5. The Morgan fingerprint density at radius 1 is 1.00 bits per heavy atom. The number of halogens is 1. The summed E-state index contributed by atoms with van der Waals surface area (Å²) in [5.41, 5.74) is 4.50. The number of nitrogens with zero attached hydrogens (tertiary/aromatic N) is 3. The van der Waals surface area contributed by atoms with Crippen LogP contribution in [0.1, 0.15) is 15.9 Å². The third-order valence-electron chi connectivity index (χ3n) is 4.38. The molecule has 0 saturated carbocycles. The SMILES string of the molecule is COc1ccc(-n2nc3cc(C)c(NC(=O)c4ccc(Br)cc4)cc3n2)cc1. The molecule has 0 spiro atoms. The molecule has 1 amide bonds. The smallest absolute Gasteiger partial charge is 0.255 e. The summed E-state index contributed by atoms with van der Waals surface area (Å²) in [5, 5.41) is 12.0. The molecule has 4 rings (SSSR count). The molecule has 1 aromatic heterocycles. The maximum Gasteiger partial charge on any atom is 0.255 e. The van der Waals surface area contributed by atoms with Crippen molar-refractivity contribution < 1.29 is 9.53 Å². The van der Waals surface area contributed by atoms with Crippen LogP contribution in [0, 0.1) is 6.92 Å². The van der Waals surface area contributed by atoms with E-state index >= 15 is 0 Å². The van der Waals surface area contributed by atoms with Gasteiger partial charge in [-0.15, -0.1) is 10.2 Å². The summed E-state index contributed by atoms with van der Waals surface area (Å²) in [6.45, 7) is 1.93. The molecule has 7 heteroatoms. The van der Waals surface area contributed by atoms with E-state index in [-0.39, 0.29) is 5.91 Å². The van der Waals surface area contributed by atoms with E-state index in [2.05, 4.69) is 31.4 Å². The fourth-order valence-electron chi connectivity index (χ4n) is 2.83. The van der Waals surface area contributed by atoms with E-state index in [1.807, 2.05) is 55.5 Å². The minimum Gasteiger partial charge on any atom is -0.497 e. The summed E-state index contributed by atoms with van der Waals surface area (Å²) >= 11 is 3.37. The first-order valence-corrected chi connectivity index (χ1v) is 9.42. The fraction of sp³-hybridized carbons (Fsp3) is 0.0952. The molecular formula is C21H17BrN4O2. The number of amides is 1. The predicted octanol–water partition coefficient (Wildman–Crippen LogP) is 4.75. The maximum absolute atomic E-state index is 12.5. The number of aryl methyl sites for hydroxylation is 1. The van der Waals surface area contributed by atoms with Crippen LogP contribution >= 0.6 is 15.9 Å².